The summed E-state index contributed by atoms with van der Waals surface area (Å²) in [6.45, 7) is 7.85. The van der Waals surface area contributed by atoms with Gasteiger partial charge >= 0.3 is 0 Å². The van der Waals surface area contributed by atoms with Gasteiger partial charge in [-0.05, 0) is 31.4 Å². The summed E-state index contributed by atoms with van der Waals surface area (Å²) < 4.78 is 1.75. The molecule has 0 aliphatic rings. The van der Waals surface area contributed by atoms with Gasteiger partial charge in [-0.1, -0.05) is 25.2 Å². The van der Waals surface area contributed by atoms with E-state index in [-0.39, 0.29) is 5.56 Å². The lowest BCUT2D eigenvalue weighted by Gasteiger charge is -2.08. The zero-order chi connectivity index (χ0) is 14.5. The van der Waals surface area contributed by atoms with Crippen molar-refractivity contribution in [1.29, 1.82) is 0 Å². The first-order chi connectivity index (χ1) is 9.61. The Kier molecular flexibility index (Phi) is 4.89. The van der Waals surface area contributed by atoms with E-state index in [0.29, 0.717) is 16.5 Å². The quantitative estimate of drug-likeness (QED) is 0.889. The second-order valence-electron chi connectivity index (χ2n) is 5.05. The molecule has 0 aromatic carbocycles. The average molecular weight is 292 g/mol. The van der Waals surface area contributed by atoms with E-state index in [1.807, 2.05) is 25.3 Å². The number of pyridine rings is 1. The minimum absolute atomic E-state index is 0.00680. The van der Waals surface area contributed by atoms with Gasteiger partial charge in [0.1, 0.15) is 0 Å². The van der Waals surface area contributed by atoms with Gasteiger partial charge in [0, 0.05) is 19.3 Å². The maximum atomic E-state index is 12.4. The summed E-state index contributed by atoms with van der Waals surface area (Å²) in [6.07, 6.45) is 2.82. The van der Waals surface area contributed by atoms with Crippen molar-refractivity contribution < 1.29 is 0 Å². The SMILES string of the molecule is CCNc1nnc(-c2cccn(CCC(C)C)c2=O)s1. The number of hydrogen-bond donors (Lipinski definition) is 1. The lowest BCUT2D eigenvalue weighted by molar-refractivity contribution is 0.508. The van der Waals surface area contributed by atoms with Crippen LogP contribution in [-0.4, -0.2) is 21.3 Å². The highest BCUT2D eigenvalue weighted by atomic mass is 32.1. The van der Waals surface area contributed by atoms with Crippen LogP contribution in [0.4, 0.5) is 5.13 Å². The molecule has 0 saturated heterocycles. The third kappa shape index (κ3) is 3.45. The standard InChI is InChI=1S/C14H20N4OS/c1-4-15-14-17-16-12(20-14)11-6-5-8-18(13(11)19)9-7-10(2)3/h5-6,8,10H,4,7,9H2,1-3H3,(H,15,17). The van der Waals surface area contributed by atoms with Crippen LogP contribution in [0.3, 0.4) is 0 Å². The molecule has 20 heavy (non-hydrogen) atoms. The van der Waals surface area contributed by atoms with E-state index in [0.717, 1.165) is 24.6 Å². The van der Waals surface area contributed by atoms with Crippen molar-refractivity contribution in [3.05, 3.63) is 28.7 Å². The van der Waals surface area contributed by atoms with Crippen LogP contribution in [-0.2, 0) is 6.54 Å². The van der Waals surface area contributed by atoms with Crippen molar-refractivity contribution in [3.8, 4) is 10.6 Å². The summed E-state index contributed by atoms with van der Waals surface area (Å²) in [5.41, 5.74) is 0.630. The summed E-state index contributed by atoms with van der Waals surface area (Å²) in [5, 5.41) is 12.7. The van der Waals surface area contributed by atoms with E-state index in [9.17, 15) is 4.79 Å². The zero-order valence-electron chi connectivity index (χ0n) is 12.1. The Morgan fingerprint density at radius 3 is 2.90 bits per heavy atom. The molecule has 108 valence electrons. The van der Waals surface area contributed by atoms with E-state index in [1.54, 1.807) is 4.57 Å². The summed E-state index contributed by atoms with van der Waals surface area (Å²) in [5.74, 6) is 0.576. The van der Waals surface area contributed by atoms with Crippen molar-refractivity contribution in [3.63, 3.8) is 0 Å². The third-order valence-electron chi connectivity index (χ3n) is 2.95. The monoisotopic (exact) mass is 292 g/mol. The second-order valence-corrected chi connectivity index (χ2v) is 6.02. The maximum absolute atomic E-state index is 12.4. The molecule has 0 radical (unpaired) electrons. The fourth-order valence-corrected chi connectivity index (χ4v) is 2.66. The molecule has 1 N–H and O–H groups in total. The van der Waals surface area contributed by atoms with Gasteiger partial charge in [0.15, 0.2) is 5.01 Å². The molecule has 0 spiro atoms. The summed E-state index contributed by atoms with van der Waals surface area (Å²) >= 11 is 1.41. The summed E-state index contributed by atoms with van der Waals surface area (Å²) in [7, 11) is 0. The van der Waals surface area contributed by atoms with Crippen LogP contribution < -0.4 is 10.9 Å². The fourth-order valence-electron chi connectivity index (χ4n) is 1.83. The highest BCUT2D eigenvalue weighted by Gasteiger charge is 2.11. The van der Waals surface area contributed by atoms with Gasteiger partial charge in [-0.2, -0.15) is 0 Å². The Bertz CT molecular complexity index is 618. The molecule has 0 amide bonds. The molecule has 0 atom stereocenters. The highest BCUT2D eigenvalue weighted by Crippen LogP contribution is 2.23. The predicted molar refractivity (Wildman–Crippen MR) is 83.2 cm³/mol. The Balaban J connectivity index is 2.27. The molecule has 2 heterocycles. The number of aromatic nitrogens is 3. The Morgan fingerprint density at radius 2 is 2.20 bits per heavy atom. The van der Waals surface area contributed by atoms with Crippen molar-refractivity contribution in [2.75, 3.05) is 11.9 Å². The van der Waals surface area contributed by atoms with Crippen LogP contribution in [0.1, 0.15) is 27.2 Å². The highest BCUT2D eigenvalue weighted by molar-refractivity contribution is 7.18. The zero-order valence-corrected chi connectivity index (χ0v) is 12.9. The predicted octanol–water partition coefficient (Wildman–Crippen LogP) is 2.84. The lowest BCUT2D eigenvalue weighted by Crippen LogP contribution is -2.21. The topological polar surface area (TPSA) is 59.8 Å². The number of hydrogen-bond acceptors (Lipinski definition) is 5. The molecule has 2 rings (SSSR count). The second kappa shape index (κ2) is 6.65. The van der Waals surface area contributed by atoms with Crippen LogP contribution in [0.2, 0.25) is 0 Å². The third-order valence-corrected chi connectivity index (χ3v) is 3.87. The van der Waals surface area contributed by atoms with Crippen LogP contribution in [0.15, 0.2) is 23.1 Å². The molecule has 5 nitrogen and oxygen atoms in total. The first kappa shape index (κ1) is 14.7. The van der Waals surface area contributed by atoms with E-state index >= 15 is 0 Å². The average Bonchev–Trinajstić information content (AvgIpc) is 2.86. The molecular formula is C14H20N4OS. The number of nitrogens with one attached hydrogen (secondary N) is 1. The molecule has 0 bridgehead atoms. The van der Waals surface area contributed by atoms with E-state index in [1.165, 1.54) is 11.3 Å². The Hall–Kier alpha value is -1.69. The van der Waals surface area contributed by atoms with Gasteiger partial charge in [0.05, 0.1) is 5.56 Å². The van der Waals surface area contributed by atoms with Gasteiger partial charge in [-0.25, -0.2) is 0 Å². The molecule has 0 saturated carbocycles. The molecular weight excluding hydrogens is 272 g/mol. The Labute approximate surface area is 122 Å². The van der Waals surface area contributed by atoms with Crippen LogP contribution in [0.5, 0.6) is 0 Å². The van der Waals surface area contributed by atoms with Gasteiger partial charge in [0.25, 0.3) is 5.56 Å². The first-order valence-electron chi connectivity index (χ1n) is 6.89. The first-order valence-corrected chi connectivity index (χ1v) is 7.70. The van der Waals surface area contributed by atoms with Gasteiger partial charge < -0.3 is 9.88 Å². The number of anilines is 1. The molecule has 0 aliphatic carbocycles. The molecule has 2 aromatic rings. The minimum Gasteiger partial charge on any atom is -0.360 e. The van der Waals surface area contributed by atoms with Crippen LogP contribution >= 0.6 is 11.3 Å². The number of rotatable bonds is 6. The van der Waals surface area contributed by atoms with E-state index in [4.69, 9.17) is 0 Å². The van der Waals surface area contributed by atoms with E-state index in [2.05, 4.69) is 29.4 Å². The molecule has 6 heteroatoms. The Morgan fingerprint density at radius 1 is 1.40 bits per heavy atom. The van der Waals surface area contributed by atoms with Crippen molar-refractivity contribution in [2.24, 2.45) is 5.92 Å². The van der Waals surface area contributed by atoms with Gasteiger partial charge in [-0.3, -0.25) is 4.79 Å². The number of aryl methyl sites for hydroxylation is 1. The fraction of sp³-hybridized carbons (Fsp3) is 0.500. The molecule has 0 unspecified atom stereocenters. The summed E-state index contributed by atoms with van der Waals surface area (Å²) in [4.78, 5) is 12.4. The largest absolute Gasteiger partial charge is 0.360 e. The van der Waals surface area contributed by atoms with Gasteiger partial charge in [-0.15, -0.1) is 10.2 Å². The number of nitrogens with zero attached hydrogens (tertiary/aromatic N) is 3. The van der Waals surface area contributed by atoms with Crippen molar-refractivity contribution in [2.45, 2.75) is 33.7 Å². The minimum atomic E-state index is 0.00680. The lowest BCUT2D eigenvalue weighted by atomic mass is 10.1. The van der Waals surface area contributed by atoms with Crippen LogP contribution in [0, 0.1) is 5.92 Å². The molecule has 0 fully saturated rings. The van der Waals surface area contributed by atoms with Crippen molar-refractivity contribution >= 4 is 16.5 Å². The smallest absolute Gasteiger partial charge is 0.260 e. The summed E-state index contributed by atoms with van der Waals surface area (Å²) in [6, 6.07) is 3.70. The van der Waals surface area contributed by atoms with Crippen LogP contribution in [0.25, 0.3) is 10.6 Å². The molecule has 0 aliphatic heterocycles. The maximum Gasteiger partial charge on any atom is 0.260 e. The van der Waals surface area contributed by atoms with Gasteiger partial charge in [0.2, 0.25) is 5.13 Å². The normalized spacial score (nSPS) is 11.0. The van der Waals surface area contributed by atoms with Crippen molar-refractivity contribution in [1.82, 2.24) is 14.8 Å². The molecule has 2 aromatic heterocycles. The van der Waals surface area contributed by atoms with E-state index < -0.39 is 0 Å².